The summed E-state index contributed by atoms with van der Waals surface area (Å²) in [6.07, 6.45) is 0.932. The van der Waals surface area contributed by atoms with E-state index < -0.39 is 11.5 Å². The Hall–Kier alpha value is -1.63. The van der Waals surface area contributed by atoms with E-state index >= 15 is 0 Å². The van der Waals surface area contributed by atoms with Crippen LogP contribution in [0, 0.1) is 5.92 Å². The Morgan fingerprint density at radius 2 is 2.32 bits per heavy atom. The molecule has 0 aliphatic carbocycles. The number of nitrogens with one attached hydrogen (secondary N) is 1. The van der Waals surface area contributed by atoms with Crippen LogP contribution in [0.5, 0.6) is 0 Å². The molecule has 2 saturated heterocycles. The summed E-state index contributed by atoms with van der Waals surface area (Å²) in [4.78, 5) is 26.6. The fraction of sp³-hybridized carbons (Fsp3) is 0.556. The monoisotopic (exact) mass is 366 g/mol. The molecule has 3 rings (SSSR count). The Morgan fingerprint density at radius 1 is 1.52 bits per heavy atom. The van der Waals surface area contributed by atoms with Crippen LogP contribution in [-0.2, 0) is 19.1 Å². The number of hydrogen-bond acceptors (Lipinski definition) is 4. The molecule has 7 heteroatoms. The van der Waals surface area contributed by atoms with Crippen molar-refractivity contribution in [3.8, 4) is 0 Å². The van der Waals surface area contributed by atoms with Crippen LogP contribution >= 0.6 is 11.6 Å². The Kier molecular flexibility index (Phi) is 5.32. The maximum atomic E-state index is 12.8. The zero-order valence-corrected chi connectivity index (χ0v) is 15.2. The minimum atomic E-state index is -0.476. The summed E-state index contributed by atoms with van der Waals surface area (Å²) >= 11 is 6.08. The molecule has 2 aliphatic rings. The van der Waals surface area contributed by atoms with E-state index in [1.54, 1.807) is 25.1 Å². The second kappa shape index (κ2) is 7.32. The smallest absolute Gasteiger partial charge is 0.226 e. The molecule has 0 saturated carbocycles. The van der Waals surface area contributed by atoms with Crippen LogP contribution in [0.3, 0.4) is 0 Å². The molecule has 3 atom stereocenters. The highest BCUT2D eigenvalue weighted by Gasteiger charge is 2.44. The van der Waals surface area contributed by atoms with Crippen molar-refractivity contribution in [2.24, 2.45) is 5.92 Å². The number of rotatable bonds is 5. The van der Waals surface area contributed by atoms with Crippen LogP contribution in [0.1, 0.15) is 24.4 Å². The fourth-order valence-electron chi connectivity index (χ4n) is 3.59. The van der Waals surface area contributed by atoms with Crippen LogP contribution in [0.2, 0.25) is 5.02 Å². The highest BCUT2D eigenvalue weighted by atomic mass is 35.5. The number of methoxy groups -OCH3 is 1. The van der Waals surface area contributed by atoms with E-state index in [-0.39, 0.29) is 24.3 Å². The number of hydrogen-bond donors (Lipinski definition) is 1. The Morgan fingerprint density at radius 3 is 2.96 bits per heavy atom. The summed E-state index contributed by atoms with van der Waals surface area (Å²) in [5, 5.41) is 3.55. The van der Waals surface area contributed by atoms with Gasteiger partial charge in [-0.05, 0) is 17.7 Å². The van der Waals surface area contributed by atoms with Gasteiger partial charge in [-0.3, -0.25) is 9.59 Å². The number of carbonyl (C=O) groups is 2. The molecule has 1 aromatic rings. The molecule has 2 heterocycles. The number of nitrogens with zero attached hydrogens (tertiary/aromatic N) is 1. The van der Waals surface area contributed by atoms with Crippen molar-refractivity contribution in [1.29, 1.82) is 0 Å². The molecule has 6 nitrogen and oxygen atoms in total. The van der Waals surface area contributed by atoms with Gasteiger partial charge in [-0.1, -0.05) is 23.7 Å². The van der Waals surface area contributed by atoms with E-state index in [9.17, 15) is 9.59 Å². The molecule has 0 unspecified atom stereocenters. The van der Waals surface area contributed by atoms with Crippen molar-refractivity contribution >= 4 is 23.4 Å². The van der Waals surface area contributed by atoms with Crippen molar-refractivity contribution in [2.45, 2.75) is 24.5 Å². The van der Waals surface area contributed by atoms with Gasteiger partial charge in [0.1, 0.15) is 5.60 Å². The molecular weight excluding hydrogens is 344 g/mol. The second-order valence-electron chi connectivity index (χ2n) is 6.72. The van der Waals surface area contributed by atoms with Gasteiger partial charge in [0.2, 0.25) is 11.8 Å². The van der Waals surface area contributed by atoms with Gasteiger partial charge in [-0.25, -0.2) is 0 Å². The predicted molar refractivity (Wildman–Crippen MR) is 93.3 cm³/mol. The van der Waals surface area contributed by atoms with Gasteiger partial charge in [-0.2, -0.15) is 0 Å². The lowest BCUT2D eigenvalue weighted by atomic mass is 9.92. The molecule has 0 spiro atoms. The summed E-state index contributed by atoms with van der Waals surface area (Å²) in [6, 6.07) is 7.00. The van der Waals surface area contributed by atoms with Gasteiger partial charge in [-0.15, -0.1) is 0 Å². The molecule has 25 heavy (non-hydrogen) atoms. The van der Waals surface area contributed by atoms with E-state index in [1.807, 2.05) is 18.2 Å². The number of likely N-dealkylation sites (tertiary alicyclic amines) is 1. The van der Waals surface area contributed by atoms with Gasteiger partial charge in [0.05, 0.1) is 18.6 Å². The van der Waals surface area contributed by atoms with Crippen molar-refractivity contribution in [1.82, 2.24) is 10.2 Å². The number of benzene rings is 1. The summed E-state index contributed by atoms with van der Waals surface area (Å²) in [5.41, 5.74) is 0.391. The molecular formula is C18H23ClN2O4. The number of ether oxygens (including phenoxy) is 2. The minimum absolute atomic E-state index is 0.0456. The van der Waals surface area contributed by atoms with E-state index in [4.69, 9.17) is 21.1 Å². The molecule has 2 fully saturated rings. The first-order valence-corrected chi connectivity index (χ1v) is 8.75. The SMILES string of the molecule is CO[C@]1(CNC(=O)[C@H]2CC(=O)N(C)[C@H]2c2cccc(Cl)c2)CCOC1. The topological polar surface area (TPSA) is 67.9 Å². The molecule has 0 aromatic heterocycles. The number of halogens is 1. The van der Waals surface area contributed by atoms with Crippen LogP contribution in [-0.4, -0.2) is 56.2 Å². The normalized spacial score (nSPS) is 29.2. The maximum absolute atomic E-state index is 12.8. The third kappa shape index (κ3) is 3.66. The molecule has 1 aromatic carbocycles. The van der Waals surface area contributed by atoms with E-state index in [2.05, 4.69) is 5.32 Å². The lowest BCUT2D eigenvalue weighted by molar-refractivity contribution is -0.129. The third-order valence-corrected chi connectivity index (χ3v) is 5.43. The first-order valence-electron chi connectivity index (χ1n) is 8.37. The Labute approximate surface area is 152 Å². The lowest BCUT2D eigenvalue weighted by Gasteiger charge is -2.28. The maximum Gasteiger partial charge on any atom is 0.226 e. The van der Waals surface area contributed by atoms with Crippen LogP contribution in [0.4, 0.5) is 0 Å². The van der Waals surface area contributed by atoms with Gasteiger partial charge >= 0.3 is 0 Å². The van der Waals surface area contributed by atoms with Crippen molar-refractivity contribution < 1.29 is 19.1 Å². The lowest BCUT2D eigenvalue weighted by Crippen LogP contribution is -2.47. The second-order valence-corrected chi connectivity index (χ2v) is 7.16. The molecule has 0 bridgehead atoms. The van der Waals surface area contributed by atoms with Gasteiger partial charge < -0.3 is 19.7 Å². The zero-order chi connectivity index (χ0) is 18.0. The number of carbonyl (C=O) groups excluding carboxylic acids is 2. The van der Waals surface area contributed by atoms with Crippen molar-refractivity contribution in [3.63, 3.8) is 0 Å². The highest BCUT2D eigenvalue weighted by molar-refractivity contribution is 6.30. The number of amides is 2. The van der Waals surface area contributed by atoms with Crippen molar-refractivity contribution in [2.75, 3.05) is 33.9 Å². The minimum Gasteiger partial charge on any atom is -0.378 e. The molecule has 1 N–H and O–H groups in total. The first-order chi connectivity index (χ1) is 12.0. The average molecular weight is 367 g/mol. The third-order valence-electron chi connectivity index (χ3n) is 5.20. The Bertz CT molecular complexity index is 660. The summed E-state index contributed by atoms with van der Waals surface area (Å²) < 4.78 is 10.9. The predicted octanol–water partition coefficient (Wildman–Crippen LogP) is 1.78. The van der Waals surface area contributed by atoms with E-state index in [1.165, 1.54) is 0 Å². The van der Waals surface area contributed by atoms with Crippen molar-refractivity contribution in [3.05, 3.63) is 34.9 Å². The quantitative estimate of drug-likeness (QED) is 0.862. The summed E-state index contributed by atoms with van der Waals surface area (Å²) in [7, 11) is 3.35. The van der Waals surface area contributed by atoms with E-state index in [0.29, 0.717) is 24.8 Å². The fourth-order valence-corrected chi connectivity index (χ4v) is 3.79. The molecule has 0 radical (unpaired) electrons. The first kappa shape index (κ1) is 18.2. The highest BCUT2D eigenvalue weighted by Crippen LogP contribution is 2.38. The van der Waals surface area contributed by atoms with Gasteiger partial charge in [0.15, 0.2) is 0 Å². The van der Waals surface area contributed by atoms with Crippen LogP contribution in [0.25, 0.3) is 0 Å². The largest absolute Gasteiger partial charge is 0.378 e. The van der Waals surface area contributed by atoms with E-state index in [0.717, 1.165) is 12.0 Å². The van der Waals surface area contributed by atoms with Crippen LogP contribution in [0.15, 0.2) is 24.3 Å². The average Bonchev–Trinajstić information content (AvgIpc) is 3.19. The van der Waals surface area contributed by atoms with Gasteiger partial charge in [0, 0.05) is 45.2 Å². The molecule has 136 valence electrons. The van der Waals surface area contributed by atoms with Gasteiger partial charge in [0.25, 0.3) is 0 Å². The Balaban J connectivity index is 1.74. The van der Waals surface area contributed by atoms with Crippen LogP contribution < -0.4 is 5.32 Å². The zero-order valence-electron chi connectivity index (χ0n) is 14.5. The standard InChI is InChI=1S/C18H23ClN2O4/c1-21-15(22)9-14(16(21)12-4-3-5-13(19)8-12)17(23)20-10-18(24-2)6-7-25-11-18/h3-5,8,14,16H,6-7,9-11H2,1-2H3,(H,20,23)/t14-,16-,18-/m0/s1. The summed E-state index contributed by atoms with van der Waals surface area (Å²) in [6.45, 7) is 1.46. The summed E-state index contributed by atoms with van der Waals surface area (Å²) in [5.74, 6) is -0.644. The molecule has 2 amide bonds. The molecule has 2 aliphatic heterocycles.